The number of hydrogen-bond acceptors (Lipinski definition) is 7. The zero-order valence-electron chi connectivity index (χ0n) is 24.2. The summed E-state index contributed by atoms with van der Waals surface area (Å²) in [4.78, 5) is 19.2. The number of aryl methyl sites for hydroxylation is 1. The molecule has 0 radical (unpaired) electrons. The van der Waals surface area contributed by atoms with E-state index in [0.29, 0.717) is 25.3 Å². The molecule has 2 N–H and O–H groups in total. The van der Waals surface area contributed by atoms with Gasteiger partial charge in [-0.25, -0.2) is 4.98 Å². The first-order valence-corrected chi connectivity index (χ1v) is 12.2. The number of aromatic nitrogens is 6. The number of nitriles is 1. The van der Waals surface area contributed by atoms with Crippen molar-refractivity contribution in [3.63, 3.8) is 0 Å². The van der Waals surface area contributed by atoms with Crippen molar-refractivity contribution in [3.05, 3.63) is 82.6 Å². The van der Waals surface area contributed by atoms with Crippen LogP contribution in [0.25, 0.3) is 22.5 Å². The molecule has 4 heterocycles. The van der Waals surface area contributed by atoms with Gasteiger partial charge in [-0.05, 0) is 28.3 Å². The normalized spacial score (nSPS) is 15.7. The van der Waals surface area contributed by atoms with Crippen LogP contribution in [0.5, 0.6) is 0 Å². The number of H-pyrrole nitrogens is 1. The maximum absolute atomic E-state index is 12.7. The molecule has 4 aromatic rings. The van der Waals surface area contributed by atoms with E-state index >= 15 is 0 Å². The minimum atomic E-state index is -0.662. The van der Waals surface area contributed by atoms with E-state index in [1.807, 2.05) is 30.3 Å². The Bertz CT molecular complexity index is 1580. The minimum absolute atomic E-state index is 0. The van der Waals surface area contributed by atoms with Crippen molar-refractivity contribution >= 4 is 5.91 Å². The van der Waals surface area contributed by atoms with Crippen molar-refractivity contribution in [1.29, 1.82) is 5.26 Å². The van der Waals surface area contributed by atoms with Crippen molar-refractivity contribution in [2.24, 2.45) is 0 Å². The third kappa shape index (κ3) is 5.11. The van der Waals surface area contributed by atoms with E-state index in [1.54, 1.807) is 4.90 Å². The maximum Gasteiger partial charge on any atom is 1.00 e. The molecule has 1 atom stereocenters. The number of benzene rings is 2. The van der Waals surface area contributed by atoms with Crippen LogP contribution in [0.2, 0.25) is 0 Å². The average Bonchev–Trinajstić information content (AvgIpc) is 3.63. The number of carbonyl (C=O) groups excluding carboxylic acids is 1. The van der Waals surface area contributed by atoms with Crippen LogP contribution in [0.4, 0.5) is 0 Å². The molecule has 10 nitrogen and oxygen atoms in total. The number of nitrogens with zero attached hydrogens (tertiary/aromatic N) is 7. The molecule has 39 heavy (non-hydrogen) atoms. The van der Waals surface area contributed by atoms with Crippen molar-refractivity contribution in [2.45, 2.75) is 38.8 Å². The Hall–Kier alpha value is -2.78. The predicted octanol–water partition coefficient (Wildman–Crippen LogP) is -2.26. The fourth-order valence-corrected chi connectivity index (χ4v) is 5.32. The summed E-state index contributed by atoms with van der Waals surface area (Å²) in [5.74, 6) is 0.872. The summed E-state index contributed by atoms with van der Waals surface area (Å²) < 4.78 is 2.11. The summed E-state index contributed by atoms with van der Waals surface area (Å²) in [6.45, 7) is 3.07. The van der Waals surface area contributed by atoms with E-state index < -0.39 is 11.9 Å². The molecule has 1 amide bonds. The minimum Gasteiger partial charge on any atom is -1.00 e. The first-order chi connectivity index (χ1) is 18.1. The van der Waals surface area contributed by atoms with Crippen LogP contribution in [0.1, 0.15) is 45.0 Å². The van der Waals surface area contributed by atoms with Crippen molar-refractivity contribution < 1.29 is 71.9 Å². The van der Waals surface area contributed by atoms with Crippen molar-refractivity contribution in [1.82, 2.24) is 35.1 Å². The van der Waals surface area contributed by atoms with Gasteiger partial charge in [0.2, 0.25) is 5.82 Å². The summed E-state index contributed by atoms with van der Waals surface area (Å²) in [7, 11) is 0. The van der Waals surface area contributed by atoms with E-state index in [2.05, 4.69) is 56.4 Å². The number of fused-ring (bicyclic) bond motifs is 3. The van der Waals surface area contributed by atoms with Crippen LogP contribution in [-0.4, -0.2) is 52.6 Å². The number of aliphatic hydroxyl groups is 1. The van der Waals surface area contributed by atoms with Gasteiger partial charge in [-0.2, -0.15) is 10.5 Å². The molecule has 0 aliphatic carbocycles. The molecule has 0 bridgehead atoms. The number of rotatable bonds is 6. The molecule has 2 aromatic heterocycles. The van der Waals surface area contributed by atoms with Gasteiger partial charge in [0.15, 0.2) is 5.57 Å². The van der Waals surface area contributed by atoms with Gasteiger partial charge in [-0.15, -0.1) is 10.2 Å². The molecule has 0 saturated heterocycles. The van der Waals surface area contributed by atoms with Crippen LogP contribution < -0.4 is 59.1 Å². The van der Waals surface area contributed by atoms with Gasteiger partial charge in [-0.1, -0.05) is 55.5 Å². The molecule has 12 heteroatoms. The van der Waals surface area contributed by atoms with Gasteiger partial charge < -0.3 is 17.4 Å². The number of nitrogens with one attached hydrogen (secondary N) is 1. The molecular weight excluding hydrogens is 514 g/mol. The van der Waals surface area contributed by atoms with Gasteiger partial charge in [0, 0.05) is 31.5 Å². The molecule has 2 aromatic carbocycles. The maximum atomic E-state index is 12.7. The second-order valence-corrected chi connectivity index (χ2v) is 9.20. The molecule has 0 spiro atoms. The molecule has 2 aliphatic rings. The largest absolute Gasteiger partial charge is 1.00 e. The Morgan fingerprint density at radius 3 is 2.56 bits per heavy atom. The number of amides is 1. The molecule has 1 unspecified atom stereocenters. The molecule has 6 rings (SSSR count). The number of imidazole rings is 1. The Kier molecular flexibility index (Phi) is 9.11. The SMILES string of the molecule is CCCc1nc2c(n1Cc1ccc(-c3ccccc3-c3nn[nH]n3)cc1)C1C(O)=C(C#N)C(=O)N1CC2.[H-].[H-].[Na+].[Na+]. The monoisotopic (exact) mass is 540 g/mol. The molecular formula is C27H26N8Na2O2. The predicted molar refractivity (Wildman–Crippen MR) is 136 cm³/mol. The number of aromatic amines is 1. The first kappa shape index (κ1) is 29.2. The third-order valence-electron chi connectivity index (χ3n) is 7.02. The Morgan fingerprint density at radius 2 is 1.90 bits per heavy atom. The number of carbonyl (C=O) groups is 1. The molecule has 2 aliphatic heterocycles. The fourth-order valence-electron chi connectivity index (χ4n) is 5.32. The van der Waals surface area contributed by atoms with Crippen LogP contribution in [0.3, 0.4) is 0 Å². The summed E-state index contributed by atoms with van der Waals surface area (Å²) in [5, 5.41) is 34.7. The van der Waals surface area contributed by atoms with Crippen LogP contribution in [0, 0.1) is 11.3 Å². The molecule has 188 valence electrons. The summed E-state index contributed by atoms with van der Waals surface area (Å²) in [6, 6.07) is 17.4. The van der Waals surface area contributed by atoms with Crippen LogP contribution in [0.15, 0.2) is 59.9 Å². The number of hydrogen-bond donors (Lipinski definition) is 2. The smallest absolute Gasteiger partial charge is 1.00 e. The van der Waals surface area contributed by atoms with Gasteiger partial charge in [0.1, 0.15) is 23.7 Å². The summed E-state index contributed by atoms with van der Waals surface area (Å²) in [5.41, 5.74) is 5.49. The number of aliphatic hydroxyl groups excluding tert-OH is 1. The Labute approximate surface area is 272 Å². The number of tetrazole rings is 1. The van der Waals surface area contributed by atoms with Gasteiger partial charge in [0.05, 0.1) is 11.4 Å². The molecule has 0 fully saturated rings. The summed E-state index contributed by atoms with van der Waals surface area (Å²) >= 11 is 0. The second-order valence-electron chi connectivity index (χ2n) is 9.20. The Morgan fingerprint density at radius 1 is 1.15 bits per heavy atom. The summed E-state index contributed by atoms with van der Waals surface area (Å²) in [6.07, 6.45) is 2.29. The molecule has 0 saturated carbocycles. The van der Waals surface area contributed by atoms with E-state index in [4.69, 9.17) is 4.98 Å². The third-order valence-corrected chi connectivity index (χ3v) is 7.02. The zero-order valence-corrected chi connectivity index (χ0v) is 26.2. The second kappa shape index (κ2) is 12.2. The fraction of sp³-hybridized carbons (Fsp3) is 0.259. The van der Waals surface area contributed by atoms with Gasteiger partial charge >= 0.3 is 59.1 Å². The van der Waals surface area contributed by atoms with Crippen LogP contribution in [-0.2, 0) is 24.2 Å². The first-order valence-electron chi connectivity index (χ1n) is 12.2. The van der Waals surface area contributed by atoms with Crippen molar-refractivity contribution in [2.75, 3.05) is 6.54 Å². The Balaban J connectivity index is 0.00000147. The van der Waals surface area contributed by atoms with E-state index in [0.717, 1.165) is 52.3 Å². The van der Waals surface area contributed by atoms with Gasteiger partial charge in [0.25, 0.3) is 5.91 Å². The van der Waals surface area contributed by atoms with E-state index in [9.17, 15) is 15.2 Å². The average molecular weight is 541 g/mol. The van der Waals surface area contributed by atoms with Crippen LogP contribution >= 0.6 is 0 Å². The zero-order chi connectivity index (χ0) is 25.5. The van der Waals surface area contributed by atoms with Gasteiger partial charge in [-0.3, -0.25) is 4.79 Å². The van der Waals surface area contributed by atoms with E-state index in [1.165, 1.54) is 0 Å². The quantitative estimate of drug-likeness (QED) is 0.264. The van der Waals surface area contributed by atoms with E-state index in [-0.39, 0.29) is 73.3 Å². The van der Waals surface area contributed by atoms with Crippen molar-refractivity contribution in [3.8, 4) is 28.6 Å². The topological polar surface area (TPSA) is 137 Å². The standard InChI is InChI=1S/C27H24N8O2.2Na.2H/c1-2-5-22-29-21-12-13-34-24(25(36)20(14-28)27(34)37)23(21)35(22)15-16-8-10-17(11-9-16)18-6-3-4-7-19(18)26-30-32-33-31-26;;;;/h3-4,6-11,24,36H,2,5,12-13,15H2,1H3,(H,30,31,32,33);;;;/q;2*+1;2*-1.